The van der Waals surface area contributed by atoms with E-state index in [9.17, 15) is 13.9 Å². The highest BCUT2D eigenvalue weighted by molar-refractivity contribution is 5.58. The largest absolute Gasteiger partial charge is 0.394 e. The van der Waals surface area contributed by atoms with Gasteiger partial charge in [-0.2, -0.15) is 0 Å². The average molecular weight is 331 g/mol. The van der Waals surface area contributed by atoms with Gasteiger partial charge < -0.3 is 15.2 Å². The van der Waals surface area contributed by atoms with Crippen LogP contribution in [0.25, 0.3) is 0 Å². The number of fused-ring (bicyclic) bond motifs is 3. The first kappa shape index (κ1) is 15.5. The van der Waals surface area contributed by atoms with Crippen molar-refractivity contribution in [3.8, 4) is 0 Å². The molecule has 0 amide bonds. The summed E-state index contributed by atoms with van der Waals surface area (Å²) in [6.45, 7) is -0.0835. The molecule has 0 radical (unpaired) electrons. The number of ether oxygens (including phenoxy) is 1. The van der Waals surface area contributed by atoms with Crippen LogP contribution in [0.3, 0.4) is 0 Å². The maximum Gasteiger partial charge on any atom is 0.149 e. The minimum Gasteiger partial charge on any atom is -0.394 e. The van der Waals surface area contributed by atoms with Crippen LogP contribution in [0.5, 0.6) is 0 Å². The molecule has 0 aromatic heterocycles. The minimum atomic E-state index is -0.612. The Morgan fingerprint density at radius 1 is 1.12 bits per heavy atom. The highest BCUT2D eigenvalue weighted by Gasteiger charge is 2.43. The molecule has 0 unspecified atom stereocenters. The van der Waals surface area contributed by atoms with Crippen LogP contribution in [0, 0.1) is 17.6 Å². The summed E-state index contributed by atoms with van der Waals surface area (Å²) in [5, 5.41) is 12.7. The highest BCUT2D eigenvalue weighted by Crippen LogP contribution is 2.50. The van der Waals surface area contributed by atoms with Gasteiger partial charge in [-0.15, -0.1) is 0 Å². The fraction of sp³-hybridized carbons (Fsp3) is 0.368. The van der Waals surface area contributed by atoms with Crippen molar-refractivity contribution in [3.63, 3.8) is 0 Å². The normalized spacial score (nSPS) is 28.6. The Balaban J connectivity index is 1.80. The van der Waals surface area contributed by atoms with Crippen molar-refractivity contribution >= 4 is 5.69 Å². The number of hydrogen-bond donors (Lipinski definition) is 2. The lowest BCUT2D eigenvalue weighted by atomic mass is 9.76. The number of halogens is 2. The third kappa shape index (κ3) is 2.58. The van der Waals surface area contributed by atoms with Gasteiger partial charge in [-0.1, -0.05) is 30.3 Å². The molecule has 0 saturated carbocycles. The van der Waals surface area contributed by atoms with Crippen molar-refractivity contribution in [2.45, 2.75) is 31.1 Å². The summed E-state index contributed by atoms with van der Waals surface area (Å²) >= 11 is 0. The predicted octanol–water partition coefficient (Wildman–Crippen LogP) is 3.96. The summed E-state index contributed by atoms with van der Waals surface area (Å²) in [6.07, 6.45) is 0.832. The number of nitrogens with one attached hydrogen (secondary N) is 1. The number of anilines is 1. The molecule has 4 atom stereocenters. The molecule has 2 N–H and O–H groups in total. The Morgan fingerprint density at radius 3 is 2.67 bits per heavy atom. The molecule has 0 aliphatic carbocycles. The lowest BCUT2D eigenvalue weighted by Crippen LogP contribution is -2.40. The summed E-state index contributed by atoms with van der Waals surface area (Å²) in [5.41, 5.74) is 1.85. The summed E-state index contributed by atoms with van der Waals surface area (Å²) < 4.78 is 34.1. The van der Waals surface area contributed by atoms with Gasteiger partial charge in [0.1, 0.15) is 11.6 Å². The van der Waals surface area contributed by atoms with Crippen LogP contribution in [0.2, 0.25) is 0 Å². The second-order valence-corrected chi connectivity index (χ2v) is 6.49. The van der Waals surface area contributed by atoms with Gasteiger partial charge in [0.25, 0.3) is 0 Å². The maximum atomic E-state index is 14.4. The number of aliphatic hydroxyl groups is 1. The van der Waals surface area contributed by atoms with Gasteiger partial charge in [-0.05, 0) is 24.5 Å². The second kappa shape index (κ2) is 6.15. The molecule has 2 aliphatic rings. The molecule has 3 nitrogen and oxygen atoms in total. The topological polar surface area (TPSA) is 41.5 Å². The molecule has 2 aromatic rings. The van der Waals surface area contributed by atoms with Crippen LogP contribution in [0.4, 0.5) is 14.5 Å². The van der Waals surface area contributed by atoms with Crippen LogP contribution in [-0.4, -0.2) is 17.8 Å². The number of benzene rings is 2. The van der Waals surface area contributed by atoms with E-state index in [-0.39, 0.29) is 24.7 Å². The first-order chi connectivity index (χ1) is 11.7. The number of aliphatic hydroxyl groups excluding tert-OH is 1. The Morgan fingerprint density at radius 2 is 1.92 bits per heavy atom. The molecule has 1 fully saturated rings. The van der Waals surface area contributed by atoms with Gasteiger partial charge >= 0.3 is 0 Å². The minimum absolute atomic E-state index is 0.0592. The van der Waals surface area contributed by atoms with Gasteiger partial charge in [0.15, 0.2) is 0 Å². The first-order valence-electron chi connectivity index (χ1n) is 8.24. The van der Waals surface area contributed by atoms with Crippen molar-refractivity contribution in [1.82, 2.24) is 0 Å². The SMILES string of the molecule is OC[C@@H]1CC[C@H]2[C@@H](c3ccccc3)Nc3c(F)cc(F)cc3[C@H]2O1. The van der Waals surface area contributed by atoms with Crippen molar-refractivity contribution in [2.24, 2.45) is 5.92 Å². The summed E-state index contributed by atoms with van der Waals surface area (Å²) in [6, 6.07) is 11.9. The number of rotatable bonds is 2. The Bertz CT molecular complexity index is 738. The molecule has 5 heteroatoms. The zero-order valence-electron chi connectivity index (χ0n) is 13.1. The van der Waals surface area contributed by atoms with E-state index in [2.05, 4.69) is 5.32 Å². The standard InChI is InChI=1S/C19H19F2NO2/c20-12-8-15-18(16(21)9-12)22-17(11-4-2-1-3-5-11)14-7-6-13(10-23)24-19(14)15/h1-5,8-9,13-14,17,19,22-23H,6-7,10H2/t13-,14-,17+,19-/m0/s1. The molecule has 1 saturated heterocycles. The van der Waals surface area contributed by atoms with Crippen LogP contribution >= 0.6 is 0 Å². The summed E-state index contributed by atoms with van der Waals surface area (Å²) in [4.78, 5) is 0. The van der Waals surface area contributed by atoms with Crippen molar-refractivity contribution in [2.75, 3.05) is 11.9 Å². The second-order valence-electron chi connectivity index (χ2n) is 6.49. The number of hydrogen-bond acceptors (Lipinski definition) is 3. The molecule has 0 bridgehead atoms. The molecule has 0 spiro atoms. The van der Waals surface area contributed by atoms with Crippen LogP contribution in [0.1, 0.15) is 36.1 Å². The molecule has 126 valence electrons. The van der Waals surface area contributed by atoms with Crippen LogP contribution in [-0.2, 0) is 4.74 Å². The fourth-order valence-electron chi connectivity index (χ4n) is 3.91. The van der Waals surface area contributed by atoms with Crippen molar-refractivity contribution in [3.05, 3.63) is 65.2 Å². The van der Waals surface area contributed by atoms with E-state index in [1.165, 1.54) is 6.07 Å². The lowest BCUT2D eigenvalue weighted by Gasteiger charge is -2.45. The van der Waals surface area contributed by atoms with Gasteiger partial charge in [-0.3, -0.25) is 0 Å². The molecule has 2 aromatic carbocycles. The van der Waals surface area contributed by atoms with E-state index in [1.54, 1.807) is 0 Å². The van der Waals surface area contributed by atoms with E-state index in [4.69, 9.17) is 4.74 Å². The predicted molar refractivity (Wildman–Crippen MR) is 86.6 cm³/mol. The quantitative estimate of drug-likeness (QED) is 0.875. The smallest absolute Gasteiger partial charge is 0.149 e. The first-order valence-corrected chi connectivity index (χ1v) is 8.24. The fourth-order valence-corrected chi connectivity index (χ4v) is 3.91. The lowest BCUT2D eigenvalue weighted by molar-refractivity contribution is -0.110. The van der Waals surface area contributed by atoms with E-state index >= 15 is 0 Å². The summed E-state index contributed by atoms with van der Waals surface area (Å²) in [7, 11) is 0. The Kier molecular flexibility index (Phi) is 3.98. The van der Waals surface area contributed by atoms with Crippen LogP contribution in [0.15, 0.2) is 42.5 Å². The van der Waals surface area contributed by atoms with E-state index in [1.807, 2.05) is 30.3 Å². The third-order valence-corrected chi connectivity index (χ3v) is 5.03. The van der Waals surface area contributed by atoms with E-state index < -0.39 is 17.7 Å². The van der Waals surface area contributed by atoms with Gasteiger partial charge in [0.2, 0.25) is 0 Å². The summed E-state index contributed by atoms with van der Waals surface area (Å²) in [5.74, 6) is -1.16. The third-order valence-electron chi connectivity index (χ3n) is 5.03. The Labute approximate surface area is 139 Å². The zero-order valence-corrected chi connectivity index (χ0v) is 13.1. The van der Waals surface area contributed by atoms with Gasteiger partial charge in [0.05, 0.1) is 30.5 Å². The maximum absolute atomic E-state index is 14.4. The van der Waals surface area contributed by atoms with Gasteiger partial charge in [0, 0.05) is 17.5 Å². The van der Waals surface area contributed by atoms with Crippen molar-refractivity contribution < 1.29 is 18.6 Å². The monoisotopic (exact) mass is 331 g/mol. The van der Waals surface area contributed by atoms with E-state index in [0.717, 1.165) is 24.5 Å². The van der Waals surface area contributed by atoms with E-state index in [0.29, 0.717) is 11.3 Å². The molecule has 2 heterocycles. The Hall–Kier alpha value is -1.98. The van der Waals surface area contributed by atoms with Gasteiger partial charge in [-0.25, -0.2) is 8.78 Å². The zero-order chi connectivity index (χ0) is 16.7. The molecular weight excluding hydrogens is 312 g/mol. The van der Waals surface area contributed by atoms with Crippen LogP contribution < -0.4 is 5.32 Å². The highest BCUT2D eigenvalue weighted by atomic mass is 19.1. The molecular formula is C19H19F2NO2. The molecule has 4 rings (SSSR count). The average Bonchev–Trinajstić information content (AvgIpc) is 2.61. The van der Waals surface area contributed by atoms with Crippen molar-refractivity contribution in [1.29, 1.82) is 0 Å². The molecule has 24 heavy (non-hydrogen) atoms. The molecule has 2 aliphatic heterocycles.